The minimum atomic E-state index is -1.15. The lowest BCUT2D eigenvalue weighted by Gasteiger charge is -2.25. The van der Waals surface area contributed by atoms with E-state index in [0.717, 1.165) is 69.3 Å². The zero-order valence-electron chi connectivity index (χ0n) is 75.4. The van der Waals surface area contributed by atoms with Crippen LogP contribution in [0.3, 0.4) is 0 Å². The van der Waals surface area contributed by atoms with Gasteiger partial charge in [0.25, 0.3) is 0 Å². The molecule has 13 unspecified atom stereocenters. The maximum absolute atomic E-state index is 12.9. The predicted octanol–water partition coefficient (Wildman–Crippen LogP) is 10.8. The Morgan fingerprint density at radius 2 is 0.846 bits per heavy atom. The second kappa shape index (κ2) is 70.9. The summed E-state index contributed by atoms with van der Waals surface area (Å²) in [5.41, 5.74) is 11.2. The number of nitrogens with two attached hydrogens (primary N) is 2. The maximum Gasteiger partial charge on any atom is 0.327 e. The largest absolute Gasteiger partial charge is 0.480 e. The average Bonchev–Trinajstić information content (AvgIpc) is 1.72. The quantitative estimate of drug-likeness (QED) is 0.0153. The normalized spacial score (nSPS) is 16.4. The number of carbonyl (C=O) groups excluding carboxylic acids is 10. The molecule has 2 fully saturated rings. The van der Waals surface area contributed by atoms with Crippen molar-refractivity contribution < 1.29 is 97.5 Å². The molecule has 2 saturated heterocycles. The third-order valence-corrected chi connectivity index (χ3v) is 31.2. The molecule has 0 bridgehead atoms. The van der Waals surface area contributed by atoms with Gasteiger partial charge < -0.3 is 84.0 Å². The number of aliphatic carboxylic acids is 5. The lowest BCUT2D eigenvalue weighted by atomic mass is 10.0. The Bertz CT molecular complexity index is 3160. The number of Topliss-reactive ketones (excluding diaryl/α,β-unsaturated/α-hetero) is 1. The van der Waals surface area contributed by atoms with Crippen molar-refractivity contribution in [1.29, 1.82) is 0 Å². The molecule has 0 aliphatic carbocycles. The van der Waals surface area contributed by atoms with Crippen molar-refractivity contribution in [2.45, 2.75) is 303 Å². The first-order valence-electron chi connectivity index (χ1n) is 42.1. The Morgan fingerprint density at radius 3 is 1.20 bits per heavy atom. The number of carboxylic acids is 5. The van der Waals surface area contributed by atoms with Crippen LogP contribution in [-0.4, -0.2) is 266 Å². The minimum absolute atomic E-state index is 0.0105. The van der Waals surface area contributed by atoms with Gasteiger partial charge >= 0.3 is 29.8 Å². The summed E-state index contributed by atoms with van der Waals surface area (Å²) in [5, 5.41) is 64.6. The lowest BCUT2D eigenvalue weighted by molar-refractivity contribution is -0.149. The van der Waals surface area contributed by atoms with E-state index in [1.54, 1.807) is 67.8 Å². The van der Waals surface area contributed by atoms with E-state index in [2.05, 4.69) is 124 Å². The monoisotopic (exact) mass is 1950 g/mol. The molecular weight excluding hydrogens is 1800 g/mol. The third-order valence-electron chi connectivity index (χ3n) is 18.7. The zero-order chi connectivity index (χ0) is 94.8. The van der Waals surface area contributed by atoms with E-state index in [-0.39, 0.29) is 125 Å². The molecule has 2 heterocycles. The molecule has 0 aromatic carbocycles. The molecule has 2 aliphatic rings. The number of amides is 9. The predicted molar refractivity (Wildman–Crippen MR) is 518 cm³/mol. The summed E-state index contributed by atoms with van der Waals surface area (Å²) in [4.78, 5) is 176. The summed E-state index contributed by atoms with van der Waals surface area (Å²) in [6.45, 7) is 36.0. The number of likely N-dealkylation sites (tertiary alicyclic amines) is 2. The van der Waals surface area contributed by atoms with E-state index in [1.807, 2.05) is 52.3 Å². The summed E-state index contributed by atoms with van der Waals surface area (Å²) >= 11 is 12.3. The van der Waals surface area contributed by atoms with Crippen LogP contribution in [0.4, 0.5) is 0 Å². The number of carboxylic acid groups (broad SMARTS) is 5. The van der Waals surface area contributed by atoms with Gasteiger partial charge in [-0.2, -0.15) is 37.9 Å². The van der Waals surface area contributed by atoms with Gasteiger partial charge in [0.05, 0.1) is 11.3 Å². The number of thiol groups is 3. The molecule has 0 spiro atoms. The summed E-state index contributed by atoms with van der Waals surface area (Å²) in [6.07, 6.45) is 13.3. The number of carbonyl (C=O) groups is 15. The Kier molecular flexibility index (Phi) is 71.0. The first-order valence-corrected chi connectivity index (χ1v) is 53.6. The van der Waals surface area contributed by atoms with E-state index in [1.165, 1.54) is 65.0 Å². The van der Waals surface area contributed by atoms with Crippen molar-refractivity contribution in [3.63, 3.8) is 0 Å². The van der Waals surface area contributed by atoms with Crippen LogP contribution in [-0.2, 0) is 71.9 Å². The van der Waals surface area contributed by atoms with Gasteiger partial charge in [-0.25, -0.2) is 19.2 Å². The van der Waals surface area contributed by atoms with Crippen LogP contribution in [0.25, 0.3) is 0 Å². The number of hydrogen-bond donors (Lipinski definition) is 17. The molecule has 0 aromatic rings. The molecule has 16 N–H and O–H groups in total. The van der Waals surface area contributed by atoms with Crippen LogP contribution in [0.15, 0.2) is 0 Å². The first-order chi connectivity index (χ1) is 57.4. The van der Waals surface area contributed by atoms with Crippen LogP contribution < -0.4 is 48.7 Å². The van der Waals surface area contributed by atoms with Crippen molar-refractivity contribution >= 4 is 213 Å². The van der Waals surface area contributed by atoms with E-state index < -0.39 is 88.7 Å². The molecule has 123 heavy (non-hydrogen) atoms. The van der Waals surface area contributed by atoms with Gasteiger partial charge in [-0.05, 0) is 108 Å². The Balaban J connectivity index is -0.00000154. The number of nitrogens with one attached hydrogen (secondary N) is 7. The molecule has 31 nitrogen and oxygen atoms in total. The van der Waals surface area contributed by atoms with E-state index in [4.69, 9.17) is 16.6 Å². The molecule has 2 aliphatic heterocycles. The summed E-state index contributed by atoms with van der Waals surface area (Å²) in [5.74, 6) is -1.60. The molecule has 42 heteroatoms. The van der Waals surface area contributed by atoms with Gasteiger partial charge in [-0.1, -0.05) is 215 Å². The van der Waals surface area contributed by atoms with Crippen LogP contribution >= 0.6 is 124 Å². The van der Waals surface area contributed by atoms with Crippen molar-refractivity contribution in [2.75, 3.05) is 72.2 Å². The Labute approximate surface area is 779 Å². The van der Waals surface area contributed by atoms with Crippen molar-refractivity contribution in [2.24, 2.45) is 52.9 Å². The highest BCUT2D eigenvalue weighted by molar-refractivity contribution is 8.79. The number of nitrogens with zero attached hydrogens (tertiary/aromatic N) is 2. The second-order valence-corrected chi connectivity index (χ2v) is 45.3. The van der Waals surface area contributed by atoms with Gasteiger partial charge in [0.1, 0.15) is 48.1 Å². The molecule has 13 atom stereocenters. The molecule has 0 radical (unpaired) electrons. The fourth-order valence-electron chi connectivity index (χ4n) is 11.1. The van der Waals surface area contributed by atoms with Gasteiger partial charge in [0.2, 0.25) is 53.2 Å². The van der Waals surface area contributed by atoms with Crippen molar-refractivity contribution in [3.8, 4) is 0 Å². The van der Waals surface area contributed by atoms with Crippen molar-refractivity contribution in [3.05, 3.63) is 0 Å². The highest BCUT2D eigenvalue weighted by Crippen LogP contribution is 2.39. The number of rotatable bonds is 58. The topological polar surface area (TPSA) is 500 Å². The molecule has 714 valence electrons. The summed E-state index contributed by atoms with van der Waals surface area (Å²) in [6, 6.07) is -5.54. The number of ketones is 1. The Hall–Kier alpha value is -3.98. The van der Waals surface area contributed by atoms with Crippen LogP contribution in [0.2, 0.25) is 0 Å². The molecular formula is C81H149N11O20S11. The van der Waals surface area contributed by atoms with E-state index in [0.29, 0.717) is 85.2 Å². The van der Waals surface area contributed by atoms with Gasteiger partial charge in [-0.3, -0.25) is 52.7 Å². The Morgan fingerprint density at radius 1 is 0.463 bits per heavy atom. The van der Waals surface area contributed by atoms with E-state index >= 15 is 0 Å². The second-order valence-electron chi connectivity index (χ2n) is 32.9. The molecule has 0 aromatic heterocycles. The van der Waals surface area contributed by atoms with Crippen LogP contribution in [0, 0.1) is 41.4 Å². The minimum Gasteiger partial charge on any atom is -0.480 e. The third kappa shape index (κ3) is 62.0. The maximum atomic E-state index is 12.9. The van der Waals surface area contributed by atoms with Gasteiger partial charge in [-0.15, -0.1) is 0 Å². The number of unbranched alkanes of at least 4 members (excludes halogenated alkanes) is 2. The summed E-state index contributed by atoms with van der Waals surface area (Å²) < 4.78 is -0.581. The molecule has 9 amide bonds. The standard InChI is InChI=1S/C27H46N2O6S4.C19H34N2O6S4.C13H25N3O3S.C12H23N3O4S.C10H21NOS/c1-18(2)9-5-6-10-21(39-38-16-20(4)25(31)29-14-8-12-23(29)27(34)35)17-37-36-15-19(3)24(30)28-13-7-11-22(28)26(32)33;1-12(2)7-5-6-8-15(31-30-11-17(19(26)27)21-14(4)23)9-28-29-10-16(18(24)25)20-13(3)22;1-8(2)10(14)4-5-12(18)16-11(7-20)13(19)15-6-9(3)17;1-7(2)5-14-11(17)9(6-20)15-10(16)4-3-8(13)12(18)19;1-6-8(7(2)3)11-9(12)10(4,5)13/h18-23H,5-17H2,1-4H3,(H,32,33)(H,34,35);12,15-17H,5-11H2,1-4H3,(H,20,22)(H,21,23)(H,24,25)(H,26,27);8,10-11,20H,4-7,14H2,1-3H3,(H,15,19)(H,16,18);7-9,20H,3-6,13H2,1-2H3,(H,14,17)(H,15,16)(H,18,19);7-8,13H,6H2,1-5H3,(H,11,12). The number of hydrogen-bond acceptors (Lipinski definition) is 28. The fourth-order valence-corrected chi connectivity index (χ4v) is 23.9. The van der Waals surface area contributed by atoms with Crippen LogP contribution in [0.1, 0.15) is 234 Å². The van der Waals surface area contributed by atoms with Gasteiger partial charge in [0.15, 0.2) is 0 Å². The average molecular weight is 1950 g/mol. The first kappa shape index (κ1) is 123. The molecule has 0 saturated carbocycles. The highest BCUT2D eigenvalue weighted by Gasteiger charge is 2.38. The lowest BCUT2D eigenvalue weighted by Crippen LogP contribution is -2.49. The van der Waals surface area contributed by atoms with Crippen LogP contribution in [0.5, 0.6) is 0 Å². The van der Waals surface area contributed by atoms with Crippen molar-refractivity contribution in [1.82, 2.24) is 47.0 Å². The zero-order valence-corrected chi connectivity index (χ0v) is 84.6. The fraction of sp³-hybridized carbons (Fsp3) is 0.815. The van der Waals surface area contributed by atoms with E-state index in [9.17, 15) is 92.3 Å². The highest BCUT2D eigenvalue weighted by atomic mass is 33.1. The smallest absolute Gasteiger partial charge is 0.327 e. The molecule has 2 rings (SSSR count). The SMILES string of the molecule is CC(=O)CNC(=O)C(CS)NC(=O)CCC(N)C(C)C.CC(=O)NC(CSSCC(CCCCC(C)C)SSCC(NC(C)=O)C(=O)O)C(=O)O.CC(C)CCCCC(CSSCC(C)C(=O)N1CCCC1C(=O)O)SSCC(C)C(=O)N1CCCC1C(=O)O.CC(C)CNC(=O)C(CS)NC(=O)CCC(N)C(=O)O.CCC(NC(=O)C(C)(C)S)C(C)C. The summed E-state index contributed by atoms with van der Waals surface area (Å²) in [7, 11) is 13.0. The van der Waals surface area contributed by atoms with Gasteiger partial charge in [0, 0.05) is 127 Å².